The highest BCUT2D eigenvalue weighted by Gasteiger charge is 2.03. The standard InChI is InChI=1S/C13H14N2/c1-11(12-7-3-2-4-8-12)15-13-9-5-6-10-14-13/h2-11H,1H3,(H,14,15). The fourth-order valence-corrected chi connectivity index (χ4v) is 1.50. The minimum Gasteiger partial charge on any atom is -0.364 e. The lowest BCUT2D eigenvalue weighted by molar-refractivity contribution is 0.875. The Balaban J connectivity index is 2.08. The van der Waals surface area contributed by atoms with Crippen LogP contribution in [0.4, 0.5) is 5.82 Å². The largest absolute Gasteiger partial charge is 0.364 e. The molecule has 0 saturated carbocycles. The average molecular weight is 198 g/mol. The van der Waals surface area contributed by atoms with Crippen molar-refractivity contribution < 1.29 is 0 Å². The van der Waals surface area contributed by atoms with Gasteiger partial charge in [0.1, 0.15) is 5.82 Å². The summed E-state index contributed by atoms with van der Waals surface area (Å²) in [5, 5.41) is 3.35. The van der Waals surface area contributed by atoms with Crippen molar-refractivity contribution in [3.05, 3.63) is 60.3 Å². The Hall–Kier alpha value is -1.83. The summed E-state index contributed by atoms with van der Waals surface area (Å²) < 4.78 is 0. The zero-order valence-corrected chi connectivity index (χ0v) is 8.72. The second kappa shape index (κ2) is 4.60. The van der Waals surface area contributed by atoms with Crippen molar-refractivity contribution in [2.24, 2.45) is 0 Å². The maximum atomic E-state index is 4.23. The van der Waals surface area contributed by atoms with Gasteiger partial charge in [-0.25, -0.2) is 4.98 Å². The number of nitrogens with zero attached hydrogens (tertiary/aromatic N) is 1. The van der Waals surface area contributed by atoms with Gasteiger partial charge < -0.3 is 5.32 Å². The van der Waals surface area contributed by atoms with Gasteiger partial charge in [0.15, 0.2) is 0 Å². The van der Waals surface area contributed by atoms with Gasteiger partial charge in [0.05, 0.1) is 0 Å². The van der Waals surface area contributed by atoms with Crippen LogP contribution in [0.5, 0.6) is 0 Å². The van der Waals surface area contributed by atoms with Gasteiger partial charge in [-0.05, 0) is 24.6 Å². The van der Waals surface area contributed by atoms with Gasteiger partial charge >= 0.3 is 0 Å². The van der Waals surface area contributed by atoms with Gasteiger partial charge in [0.2, 0.25) is 0 Å². The van der Waals surface area contributed by atoms with E-state index in [0.29, 0.717) is 0 Å². The molecule has 15 heavy (non-hydrogen) atoms. The molecule has 1 aromatic carbocycles. The molecule has 0 aliphatic heterocycles. The maximum Gasteiger partial charge on any atom is 0.126 e. The second-order valence-electron chi connectivity index (χ2n) is 3.49. The number of hydrogen-bond acceptors (Lipinski definition) is 2. The number of benzene rings is 1. The molecule has 1 unspecified atom stereocenters. The Kier molecular flexibility index (Phi) is 2.98. The number of nitrogens with one attached hydrogen (secondary N) is 1. The number of pyridine rings is 1. The minimum atomic E-state index is 0.279. The first kappa shape index (κ1) is 9.71. The Bertz CT molecular complexity index is 397. The molecule has 0 aliphatic rings. The van der Waals surface area contributed by atoms with Crippen molar-refractivity contribution in [2.45, 2.75) is 13.0 Å². The molecule has 2 heteroatoms. The molecule has 0 bridgehead atoms. The number of hydrogen-bond donors (Lipinski definition) is 1. The third-order valence-electron chi connectivity index (χ3n) is 2.33. The van der Waals surface area contributed by atoms with Crippen LogP contribution in [-0.2, 0) is 0 Å². The first-order valence-electron chi connectivity index (χ1n) is 5.09. The topological polar surface area (TPSA) is 24.9 Å². The summed E-state index contributed by atoms with van der Waals surface area (Å²) >= 11 is 0. The van der Waals surface area contributed by atoms with Gasteiger partial charge in [-0.15, -0.1) is 0 Å². The fraction of sp³-hybridized carbons (Fsp3) is 0.154. The van der Waals surface area contributed by atoms with Crippen molar-refractivity contribution in [3.63, 3.8) is 0 Å². The molecule has 0 aliphatic carbocycles. The zero-order valence-electron chi connectivity index (χ0n) is 8.72. The van der Waals surface area contributed by atoms with E-state index in [1.165, 1.54) is 5.56 Å². The van der Waals surface area contributed by atoms with Gasteiger partial charge in [-0.2, -0.15) is 0 Å². The zero-order chi connectivity index (χ0) is 10.5. The van der Waals surface area contributed by atoms with E-state index >= 15 is 0 Å². The van der Waals surface area contributed by atoms with E-state index in [9.17, 15) is 0 Å². The molecular weight excluding hydrogens is 184 g/mol. The second-order valence-corrected chi connectivity index (χ2v) is 3.49. The highest BCUT2D eigenvalue weighted by molar-refractivity contribution is 5.37. The summed E-state index contributed by atoms with van der Waals surface area (Å²) in [5.74, 6) is 0.911. The van der Waals surface area contributed by atoms with E-state index in [2.05, 4.69) is 29.4 Å². The van der Waals surface area contributed by atoms with Gasteiger partial charge in [0, 0.05) is 12.2 Å². The predicted octanol–water partition coefficient (Wildman–Crippen LogP) is 3.25. The van der Waals surface area contributed by atoms with Crippen LogP contribution in [0, 0.1) is 0 Å². The molecule has 1 N–H and O–H groups in total. The molecule has 1 heterocycles. The van der Waals surface area contributed by atoms with E-state index in [1.807, 2.05) is 36.4 Å². The highest BCUT2D eigenvalue weighted by Crippen LogP contribution is 2.16. The lowest BCUT2D eigenvalue weighted by Gasteiger charge is -2.14. The Morgan fingerprint density at radius 3 is 2.40 bits per heavy atom. The molecule has 1 atom stereocenters. The van der Waals surface area contributed by atoms with E-state index in [4.69, 9.17) is 0 Å². The summed E-state index contributed by atoms with van der Waals surface area (Å²) in [6.45, 7) is 2.13. The van der Waals surface area contributed by atoms with E-state index in [0.717, 1.165) is 5.82 Å². The summed E-state index contributed by atoms with van der Waals surface area (Å²) in [4.78, 5) is 4.23. The lowest BCUT2D eigenvalue weighted by atomic mass is 10.1. The van der Waals surface area contributed by atoms with Crippen molar-refractivity contribution in [3.8, 4) is 0 Å². The Labute approximate surface area is 90.0 Å². The molecule has 0 saturated heterocycles. The molecule has 0 amide bonds. The van der Waals surface area contributed by atoms with Crippen LogP contribution >= 0.6 is 0 Å². The minimum absolute atomic E-state index is 0.279. The Morgan fingerprint density at radius 2 is 1.73 bits per heavy atom. The number of rotatable bonds is 3. The first-order valence-corrected chi connectivity index (χ1v) is 5.09. The van der Waals surface area contributed by atoms with Gasteiger partial charge in [-0.3, -0.25) is 0 Å². The van der Waals surface area contributed by atoms with Crippen LogP contribution in [0.2, 0.25) is 0 Å². The third kappa shape index (κ3) is 2.56. The van der Waals surface area contributed by atoms with Gasteiger partial charge in [-0.1, -0.05) is 36.4 Å². The van der Waals surface area contributed by atoms with Gasteiger partial charge in [0.25, 0.3) is 0 Å². The van der Waals surface area contributed by atoms with Crippen molar-refractivity contribution >= 4 is 5.82 Å². The van der Waals surface area contributed by atoms with E-state index in [1.54, 1.807) is 6.20 Å². The molecule has 1 aromatic heterocycles. The molecule has 0 radical (unpaired) electrons. The number of anilines is 1. The molecule has 0 fully saturated rings. The van der Waals surface area contributed by atoms with Crippen LogP contribution in [0.3, 0.4) is 0 Å². The van der Waals surface area contributed by atoms with Crippen LogP contribution in [0.1, 0.15) is 18.5 Å². The smallest absolute Gasteiger partial charge is 0.126 e. The predicted molar refractivity (Wildman–Crippen MR) is 62.7 cm³/mol. The normalized spacial score (nSPS) is 12.1. The summed E-state index contributed by atoms with van der Waals surface area (Å²) in [7, 11) is 0. The molecule has 76 valence electrons. The molecule has 2 nitrogen and oxygen atoms in total. The van der Waals surface area contributed by atoms with E-state index < -0.39 is 0 Å². The third-order valence-corrected chi connectivity index (χ3v) is 2.33. The van der Waals surface area contributed by atoms with Crippen molar-refractivity contribution in [2.75, 3.05) is 5.32 Å². The lowest BCUT2D eigenvalue weighted by Crippen LogP contribution is -2.07. The SMILES string of the molecule is CC(Nc1ccccn1)c1ccccc1. The summed E-state index contributed by atoms with van der Waals surface area (Å²) in [6.07, 6.45) is 1.79. The summed E-state index contributed by atoms with van der Waals surface area (Å²) in [5.41, 5.74) is 1.27. The van der Waals surface area contributed by atoms with Crippen molar-refractivity contribution in [1.29, 1.82) is 0 Å². The number of aromatic nitrogens is 1. The fourth-order valence-electron chi connectivity index (χ4n) is 1.50. The molecular formula is C13H14N2. The van der Waals surface area contributed by atoms with Crippen LogP contribution in [0.15, 0.2) is 54.7 Å². The monoisotopic (exact) mass is 198 g/mol. The summed E-state index contributed by atoms with van der Waals surface area (Å²) in [6, 6.07) is 16.5. The highest BCUT2D eigenvalue weighted by atomic mass is 15.0. The van der Waals surface area contributed by atoms with Crippen LogP contribution in [0.25, 0.3) is 0 Å². The van der Waals surface area contributed by atoms with E-state index in [-0.39, 0.29) is 6.04 Å². The first-order chi connectivity index (χ1) is 7.36. The van der Waals surface area contributed by atoms with Crippen LogP contribution < -0.4 is 5.32 Å². The average Bonchev–Trinajstić information content (AvgIpc) is 2.31. The Morgan fingerprint density at radius 1 is 1.00 bits per heavy atom. The molecule has 2 aromatic rings. The molecule has 2 rings (SSSR count). The van der Waals surface area contributed by atoms with Crippen molar-refractivity contribution in [1.82, 2.24) is 4.98 Å². The maximum absolute atomic E-state index is 4.23. The van der Waals surface area contributed by atoms with Crippen LogP contribution in [-0.4, -0.2) is 4.98 Å². The quantitative estimate of drug-likeness (QED) is 0.818. The molecule has 0 spiro atoms.